The lowest BCUT2D eigenvalue weighted by Crippen LogP contribution is -2.24. The number of thioether (sulfide) groups is 1. The molecular weight excluding hydrogens is 230 g/mol. The minimum absolute atomic E-state index is 0.142. The summed E-state index contributed by atoms with van der Waals surface area (Å²) in [7, 11) is 0. The first-order chi connectivity index (χ1) is 8.10. The molecule has 0 heterocycles. The minimum Gasteiger partial charge on any atom is -0.388 e. The highest BCUT2D eigenvalue weighted by Crippen LogP contribution is 2.32. The predicted octanol–water partition coefficient (Wildman–Crippen LogP) is 3.06. The van der Waals surface area contributed by atoms with Crippen molar-refractivity contribution in [3.63, 3.8) is 0 Å². The summed E-state index contributed by atoms with van der Waals surface area (Å²) in [5.41, 5.74) is 6.79. The Hall–Kier alpha value is -0.510. The summed E-state index contributed by atoms with van der Waals surface area (Å²) < 4.78 is 0. The van der Waals surface area contributed by atoms with E-state index >= 15 is 0 Å². The Bertz CT molecular complexity index is 341. The van der Waals surface area contributed by atoms with Gasteiger partial charge in [0.25, 0.3) is 0 Å². The van der Waals surface area contributed by atoms with Crippen LogP contribution >= 0.6 is 11.8 Å². The van der Waals surface area contributed by atoms with Crippen molar-refractivity contribution in [2.24, 2.45) is 17.6 Å². The average molecular weight is 253 g/mol. The molecule has 2 unspecified atom stereocenters. The van der Waals surface area contributed by atoms with Crippen LogP contribution in [0.2, 0.25) is 0 Å². The second-order valence-electron chi connectivity index (χ2n) is 4.81. The summed E-state index contributed by atoms with van der Waals surface area (Å²) >= 11 is 1.67. The van der Waals surface area contributed by atoms with Gasteiger partial charge >= 0.3 is 0 Å². The molecule has 0 radical (unpaired) electrons. The van der Waals surface area contributed by atoms with Gasteiger partial charge in [-0.15, -0.1) is 11.8 Å². The first-order valence-corrected chi connectivity index (χ1v) is 7.33. The van der Waals surface area contributed by atoms with Crippen molar-refractivity contribution in [2.45, 2.75) is 31.3 Å². The zero-order valence-corrected chi connectivity index (χ0v) is 11.7. The maximum atomic E-state index is 10.4. The molecule has 0 aliphatic rings. The van der Waals surface area contributed by atoms with Crippen LogP contribution in [0.1, 0.15) is 31.9 Å². The second-order valence-corrected chi connectivity index (χ2v) is 5.66. The topological polar surface area (TPSA) is 46.2 Å². The van der Waals surface area contributed by atoms with Gasteiger partial charge in [-0.1, -0.05) is 32.0 Å². The molecule has 96 valence electrons. The minimum atomic E-state index is -0.453. The third-order valence-electron chi connectivity index (χ3n) is 2.98. The van der Waals surface area contributed by atoms with E-state index in [0.29, 0.717) is 12.5 Å². The molecule has 2 atom stereocenters. The first-order valence-electron chi connectivity index (χ1n) is 6.11. The Labute approximate surface area is 109 Å². The van der Waals surface area contributed by atoms with Crippen LogP contribution in [-0.2, 0) is 0 Å². The number of benzene rings is 1. The molecule has 0 bridgehead atoms. The van der Waals surface area contributed by atoms with E-state index in [2.05, 4.69) is 13.8 Å². The molecule has 1 aromatic rings. The van der Waals surface area contributed by atoms with Gasteiger partial charge in [0.05, 0.1) is 6.10 Å². The first kappa shape index (κ1) is 14.6. The quantitative estimate of drug-likeness (QED) is 0.766. The number of aliphatic hydroxyl groups excluding tert-OH is 1. The van der Waals surface area contributed by atoms with E-state index in [1.54, 1.807) is 11.8 Å². The highest BCUT2D eigenvalue weighted by molar-refractivity contribution is 7.98. The third kappa shape index (κ3) is 4.02. The number of rotatable bonds is 6. The van der Waals surface area contributed by atoms with Crippen molar-refractivity contribution in [3.8, 4) is 0 Å². The van der Waals surface area contributed by atoms with E-state index in [1.807, 2.05) is 30.5 Å². The molecule has 0 amide bonds. The summed E-state index contributed by atoms with van der Waals surface area (Å²) in [5, 5.41) is 10.4. The normalized spacial score (nSPS) is 14.9. The molecule has 0 aromatic heterocycles. The van der Waals surface area contributed by atoms with Crippen molar-refractivity contribution in [3.05, 3.63) is 29.8 Å². The summed E-state index contributed by atoms with van der Waals surface area (Å²) in [6.45, 7) is 4.85. The van der Waals surface area contributed by atoms with Crippen molar-refractivity contribution >= 4 is 11.8 Å². The zero-order valence-electron chi connectivity index (χ0n) is 10.9. The van der Waals surface area contributed by atoms with Crippen molar-refractivity contribution < 1.29 is 5.11 Å². The summed E-state index contributed by atoms with van der Waals surface area (Å²) in [4.78, 5) is 1.14. The molecule has 0 fully saturated rings. The van der Waals surface area contributed by atoms with Crippen molar-refractivity contribution in [1.82, 2.24) is 0 Å². The van der Waals surface area contributed by atoms with Gasteiger partial charge in [-0.05, 0) is 36.8 Å². The zero-order chi connectivity index (χ0) is 12.8. The van der Waals surface area contributed by atoms with Crippen LogP contribution in [-0.4, -0.2) is 17.9 Å². The Balaban J connectivity index is 2.89. The lowest BCUT2D eigenvalue weighted by molar-refractivity contribution is 0.0971. The summed E-state index contributed by atoms with van der Waals surface area (Å²) in [5.74, 6) is 0.697. The van der Waals surface area contributed by atoms with Gasteiger partial charge in [0.15, 0.2) is 0 Å². The number of hydrogen-bond donors (Lipinski definition) is 2. The van der Waals surface area contributed by atoms with Gasteiger partial charge in [0, 0.05) is 10.8 Å². The van der Waals surface area contributed by atoms with E-state index < -0.39 is 6.10 Å². The molecule has 3 heteroatoms. The monoisotopic (exact) mass is 253 g/mol. The van der Waals surface area contributed by atoms with Crippen LogP contribution in [0, 0.1) is 11.8 Å². The SMILES string of the molecule is CSc1ccccc1C(O)C(CN)CC(C)C. The van der Waals surface area contributed by atoms with Crippen LogP contribution in [0.15, 0.2) is 29.2 Å². The van der Waals surface area contributed by atoms with Crippen LogP contribution in [0.25, 0.3) is 0 Å². The number of aliphatic hydroxyl groups is 1. The fourth-order valence-electron chi connectivity index (χ4n) is 2.12. The molecule has 0 saturated heterocycles. The predicted molar refractivity (Wildman–Crippen MR) is 75.2 cm³/mol. The molecule has 17 heavy (non-hydrogen) atoms. The maximum Gasteiger partial charge on any atom is 0.0841 e. The van der Waals surface area contributed by atoms with Gasteiger partial charge in [0.1, 0.15) is 0 Å². The molecular formula is C14H23NOS. The third-order valence-corrected chi connectivity index (χ3v) is 3.79. The second kappa shape index (κ2) is 7.04. The fourth-order valence-corrected chi connectivity index (χ4v) is 2.76. The van der Waals surface area contributed by atoms with E-state index in [-0.39, 0.29) is 5.92 Å². The molecule has 0 spiro atoms. The van der Waals surface area contributed by atoms with Gasteiger partial charge in [-0.25, -0.2) is 0 Å². The average Bonchev–Trinajstić information content (AvgIpc) is 2.34. The molecule has 3 N–H and O–H groups in total. The molecule has 0 aliphatic heterocycles. The van der Waals surface area contributed by atoms with Crippen LogP contribution < -0.4 is 5.73 Å². The van der Waals surface area contributed by atoms with Crippen LogP contribution in [0.4, 0.5) is 0 Å². The van der Waals surface area contributed by atoms with Crippen molar-refractivity contribution in [1.29, 1.82) is 0 Å². The highest BCUT2D eigenvalue weighted by Gasteiger charge is 2.22. The van der Waals surface area contributed by atoms with Gasteiger partial charge < -0.3 is 10.8 Å². The Morgan fingerprint density at radius 1 is 1.29 bits per heavy atom. The summed E-state index contributed by atoms with van der Waals surface area (Å²) in [6, 6.07) is 8.02. The van der Waals surface area contributed by atoms with Crippen LogP contribution in [0.3, 0.4) is 0 Å². The molecule has 0 aliphatic carbocycles. The molecule has 1 aromatic carbocycles. The Morgan fingerprint density at radius 2 is 1.94 bits per heavy atom. The highest BCUT2D eigenvalue weighted by atomic mass is 32.2. The van der Waals surface area contributed by atoms with Gasteiger partial charge in [0.2, 0.25) is 0 Å². The molecule has 2 nitrogen and oxygen atoms in total. The lowest BCUT2D eigenvalue weighted by atomic mass is 9.88. The van der Waals surface area contributed by atoms with E-state index in [9.17, 15) is 5.11 Å². The van der Waals surface area contributed by atoms with E-state index in [0.717, 1.165) is 16.9 Å². The molecule has 1 rings (SSSR count). The standard InChI is InChI=1S/C14H23NOS/c1-10(2)8-11(9-15)14(16)12-6-4-5-7-13(12)17-3/h4-7,10-11,14,16H,8-9,15H2,1-3H3. The molecule has 0 saturated carbocycles. The largest absolute Gasteiger partial charge is 0.388 e. The smallest absolute Gasteiger partial charge is 0.0841 e. The Morgan fingerprint density at radius 3 is 2.47 bits per heavy atom. The lowest BCUT2D eigenvalue weighted by Gasteiger charge is -2.24. The summed E-state index contributed by atoms with van der Waals surface area (Å²) in [6.07, 6.45) is 2.54. The van der Waals surface area contributed by atoms with Crippen LogP contribution in [0.5, 0.6) is 0 Å². The Kier molecular flexibility index (Phi) is 6.03. The van der Waals surface area contributed by atoms with Gasteiger partial charge in [-0.2, -0.15) is 0 Å². The maximum absolute atomic E-state index is 10.4. The fraction of sp³-hybridized carbons (Fsp3) is 0.571. The number of hydrogen-bond acceptors (Lipinski definition) is 3. The van der Waals surface area contributed by atoms with Gasteiger partial charge in [-0.3, -0.25) is 0 Å². The number of nitrogens with two attached hydrogens (primary N) is 1. The van der Waals surface area contributed by atoms with E-state index in [4.69, 9.17) is 5.73 Å². The van der Waals surface area contributed by atoms with E-state index in [1.165, 1.54) is 0 Å². The van der Waals surface area contributed by atoms with Crippen molar-refractivity contribution in [2.75, 3.05) is 12.8 Å².